The highest BCUT2D eigenvalue weighted by Gasteiger charge is 2.24. The van der Waals surface area contributed by atoms with Crippen LogP contribution in [0.5, 0.6) is 17.2 Å². The third kappa shape index (κ3) is 3.95. The van der Waals surface area contributed by atoms with Gasteiger partial charge in [0.05, 0.1) is 14.2 Å². The summed E-state index contributed by atoms with van der Waals surface area (Å²) in [5, 5.41) is 0. The van der Waals surface area contributed by atoms with Gasteiger partial charge in [-0.05, 0) is 26.0 Å². The number of anilines is 1. The predicted octanol–water partition coefficient (Wildman–Crippen LogP) is 3.16. The van der Waals surface area contributed by atoms with E-state index in [4.69, 9.17) is 14.2 Å². The summed E-state index contributed by atoms with van der Waals surface area (Å²) in [6, 6.07) is 7.71. The fraction of sp³-hybridized carbons (Fsp3) is 0.474. The van der Waals surface area contributed by atoms with Gasteiger partial charge in [-0.15, -0.1) is 0 Å². The largest absolute Gasteiger partial charge is 0.493 e. The van der Waals surface area contributed by atoms with Gasteiger partial charge in [-0.25, -0.2) is 9.97 Å². The first-order chi connectivity index (χ1) is 12.1. The molecule has 134 valence electrons. The van der Waals surface area contributed by atoms with E-state index in [1.54, 1.807) is 14.2 Å². The fourth-order valence-corrected chi connectivity index (χ4v) is 3.16. The molecule has 0 unspecified atom stereocenters. The number of hydrogen-bond donors (Lipinski definition) is 0. The van der Waals surface area contributed by atoms with Crippen LogP contribution >= 0.6 is 0 Å². The Bertz CT molecular complexity index is 685. The molecule has 2 aromatic rings. The van der Waals surface area contributed by atoms with E-state index in [2.05, 4.69) is 14.9 Å². The Morgan fingerprint density at radius 2 is 1.64 bits per heavy atom. The molecule has 1 aromatic carbocycles. The zero-order chi connectivity index (χ0) is 17.8. The van der Waals surface area contributed by atoms with Crippen LogP contribution in [0.25, 0.3) is 0 Å². The summed E-state index contributed by atoms with van der Waals surface area (Å²) in [6.45, 7) is 5.73. The maximum absolute atomic E-state index is 6.22. The lowest BCUT2D eigenvalue weighted by Gasteiger charge is -2.33. The second-order valence-electron chi connectivity index (χ2n) is 6.21. The van der Waals surface area contributed by atoms with Crippen LogP contribution in [0.4, 0.5) is 5.82 Å². The molecule has 0 aliphatic carbocycles. The summed E-state index contributed by atoms with van der Waals surface area (Å²) < 4.78 is 17.0. The summed E-state index contributed by atoms with van der Waals surface area (Å²) in [6.07, 6.45) is 1.97. The van der Waals surface area contributed by atoms with Gasteiger partial charge in [-0.3, -0.25) is 0 Å². The van der Waals surface area contributed by atoms with Gasteiger partial charge in [-0.2, -0.15) is 0 Å². The number of para-hydroxylation sites is 1. The molecule has 1 fully saturated rings. The summed E-state index contributed by atoms with van der Waals surface area (Å²) >= 11 is 0. The Kier molecular flexibility index (Phi) is 5.26. The SMILES string of the molecule is COc1cccc(OC)c1OC1CCN(c2cc(C)nc(C)n2)CC1. The number of aryl methyl sites for hydroxylation is 2. The zero-order valence-corrected chi connectivity index (χ0v) is 15.3. The van der Waals surface area contributed by atoms with E-state index in [1.807, 2.05) is 38.1 Å². The third-order valence-electron chi connectivity index (χ3n) is 4.39. The molecule has 0 atom stereocenters. The standard InChI is InChI=1S/C19H25N3O3/c1-13-12-18(21-14(2)20-13)22-10-8-15(9-11-22)25-19-16(23-3)6-5-7-17(19)24-4/h5-7,12,15H,8-11H2,1-4H3. The maximum Gasteiger partial charge on any atom is 0.203 e. The predicted molar refractivity (Wildman–Crippen MR) is 96.9 cm³/mol. The number of ether oxygens (including phenoxy) is 3. The van der Waals surface area contributed by atoms with Gasteiger partial charge in [0.25, 0.3) is 0 Å². The van der Waals surface area contributed by atoms with Gasteiger partial charge in [0.2, 0.25) is 5.75 Å². The minimum Gasteiger partial charge on any atom is -0.493 e. The van der Waals surface area contributed by atoms with Crippen LogP contribution in [0, 0.1) is 13.8 Å². The van der Waals surface area contributed by atoms with Crippen LogP contribution in [-0.4, -0.2) is 43.4 Å². The molecule has 2 heterocycles. The van der Waals surface area contributed by atoms with Crippen molar-refractivity contribution in [2.45, 2.75) is 32.8 Å². The van der Waals surface area contributed by atoms with Crippen molar-refractivity contribution in [2.24, 2.45) is 0 Å². The quantitative estimate of drug-likeness (QED) is 0.831. The molecule has 1 aromatic heterocycles. The second kappa shape index (κ2) is 7.59. The highest BCUT2D eigenvalue weighted by molar-refractivity contribution is 5.51. The number of rotatable bonds is 5. The lowest BCUT2D eigenvalue weighted by Crippen LogP contribution is -2.39. The Hall–Kier alpha value is -2.50. The molecule has 0 bridgehead atoms. The van der Waals surface area contributed by atoms with Gasteiger partial charge in [0.1, 0.15) is 17.7 Å². The number of methoxy groups -OCH3 is 2. The van der Waals surface area contributed by atoms with Crippen LogP contribution in [-0.2, 0) is 0 Å². The molecule has 0 spiro atoms. The molecule has 6 heteroatoms. The average Bonchev–Trinajstić information content (AvgIpc) is 2.61. The first kappa shape index (κ1) is 17.3. The Balaban J connectivity index is 1.67. The first-order valence-electron chi connectivity index (χ1n) is 8.55. The number of nitrogens with zero attached hydrogens (tertiary/aromatic N) is 3. The monoisotopic (exact) mass is 343 g/mol. The van der Waals surface area contributed by atoms with Crippen molar-refractivity contribution in [1.29, 1.82) is 0 Å². The summed E-state index contributed by atoms with van der Waals surface area (Å²) in [5.74, 6) is 3.89. The van der Waals surface area contributed by atoms with Crippen LogP contribution < -0.4 is 19.1 Å². The first-order valence-corrected chi connectivity index (χ1v) is 8.55. The van der Waals surface area contributed by atoms with Crippen molar-refractivity contribution >= 4 is 5.82 Å². The average molecular weight is 343 g/mol. The van der Waals surface area contributed by atoms with Gasteiger partial charge in [0, 0.05) is 37.7 Å². The van der Waals surface area contributed by atoms with Crippen molar-refractivity contribution in [3.63, 3.8) is 0 Å². The van der Waals surface area contributed by atoms with Gasteiger partial charge in [-0.1, -0.05) is 6.07 Å². The van der Waals surface area contributed by atoms with Crippen molar-refractivity contribution in [3.8, 4) is 17.2 Å². The van der Waals surface area contributed by atoms with Crippen LogP contribution in [0.1, 0.15) is 24.4 Å². The van der Waals surface area contributed by atoms with Gasteiger partial charge < -0.3 is 19.1 Å². The molecule has 3 rings (SSSR count). The van der Waals surface area contributed by atoms with E-state index in [1.165, 1.54) is 0 Å². The van der Waals surface area contributed by atoms with Crippen molar-refractivity contribution < 1.29 is 14.2 Å². The highest BCUT2D eigenvalue weighted by Crippen LogP contribution is 2.38. The summed E-state index contributed by atoms with van der Waals surface area (Å²) in [7, 11) is 3.29. The molecule has 0 saturated carbocycles. The Morgan fingerprint density at radius 1 is 1.00 bits per heavy atom. The van der Waals surface area contributed by atoms with E-state index in [0.717, 1.165) is 43.3 Å². The fourth-order valence-electron chi connectivity index (χ4n) is 3.16. The smallest absolute Gasteiger partial charge is 0.203 e. The molecule has 0 amide bonds. The highest BCUT2D eigenvalue weighted by atomic mass is 16.5. The molecular formula is C19H25N3O3. The number of aromatic nitrogens is 2. The summed E-state index contributed by atoms with van der Waals surface area (Å²) in [5.41, 5.74) is 1.000. The number of piperidine rings is 1. The minimum atomic E-state index is 0.130. The molecule has 25 heavy (non-hydrogen) atoms. The molecule has 1 aliphatic heterocycles. The topological polar surface area (TPSA) is 56.7 Å². The minimum absolute atomic E-state index is 0.130. The van der Waals surface area contributed by atoms with Crippen molar-refractivity contribution in [3.05, 3.63) is 35.8 Å². The molecule has 0 N–H and O–H groups in total. The van der Waals surface area contributed by atoms with E-state index < -0.39 is 0 Å². The summed E-state index contributed by atoms with van der Waals surface area (Å²) in [4.78, 5) is 11.2. The van der Waals surface area contributed by atoms with Crippen LogP contribution in [0.15, 0.2) is 24.3 Å². The molecular weight excluding hydrogens is 318 g/mol. The molecule has 1 saturated heterocycles. The van der Waals surface area contributed by atoms with Crippen molar-refractivity contribution in [2.75, 3.05) is 32.2 Å². The van der Waals surface area contributed by atoms with Crippen molar-refractivity contribution in [1.82, 2.24) is 9.97 Å². The molecule has 0 radical (unpaired) electrons. The lowest BCUT2D eigenvalue weighted by atomic mass is 10.1. The molecule has 6 nitrogen and oxygen atoms in total. The van der Waals surface area contributed by atoms with E-state index in [-0.39, 0.29) is 6.10 Å². The Morgan fingerprint density at radius 3 is 2.20 bits per heavy atom. The Labute approximate surface area is 148 Å². The maximum atomic E-state index is 6.22. The number of hydrogen-bond acceptors (Lipinski definition) is 6. The van der Waals surface area contributed by atoms with Crippen LogP contribution in [0.2, 0.25) is 0 Å². The number of benzene rings is 1. The van der Waals surface area contributed by atoms with Gasteiger partial charge >= 0.3 is 0 Å². The normalized spacial score (nSPS) is 15.1. The zero-order valence-electron chi connectivity index (χ0n) is 15.3. The van der Waals surface area contributed by atoms with Gasteiger partial charge in [0.15, 0.2) is 11.5 Å². The van der Waals surface area contributed by atoms with E-state index in [0.29, 0.717) is 17.2 Å². The molecule has 1 aliphatic rings. The van der Waals surface area contributed by atoms with E-state index in [9.17, 15) is 0 Å². The third-order valence-corrected chi connectivity index (χ3v) is 4.39. The van der Waals surface area contributed by atoms with E-state index >= 15 is 0 Å². The van der Waals surface area contributed by atoms with Crippen LogP contribution in [0.3, 0.4) is 0 Å². The second-order valence-corrected chi connectivity index (χ2v) is 6.21. The lowest BCUT2D eigenvalue weighted by molar-refractivity contribution is 0.158.